The van der Waals surface area contributed by atoms with Crippen LogP contribution in [0.25, 0.3) is 0 Å². The fourth-order valence-corrected chi connectivity index (χ4v) is 2.61. The number of benzene rings is 3. The predicted molar refractivity (Wildman–Crippen MR) is 112 cm³/mol. The van der Waals surface area contributed by atoms with Gasteiger partial charge < -0.3 is 14.6 Å². The maximum Gasteiger partial charge on any atom is 0.271 e. The van der Waals surface area contributed by atoms with Crippen LogP contribution in [0.4, 0.5) is 4.39 Å². The van der Waals surface area contributed by atoms with Crippen molar-refractivity contribution in [2.24, 2.45) is 5.10 Å². The van der Waals surface area contributed by atoms with Crippen LogP contribution in [0.1, 0.15) is 28.4 Å². The summed E-state index contributed by atoms with van der Waals surface area (Å²) < 4.78 is 25.1. The van der Waals surface area contributed by atoms with Gasteiger partial charge in [0, 0.05) is 11.1 Å². The summed E-state index contributed by atoms with van der Waals surface area (Å²) in [4.78, 5) is 12.0. The number of halogens is 1. The van der Waals surface area contributed by atoms with Crippen molar-refractivity contribution in [2.45, 2.75) is 13.5 Å². The van der Waals surface area contributed by atoms with Crippen LogP contribution in [0, 0.1) is 5.82 Å². The molecule has 0 atom stereocenters. The zero-order chi connectivity index (χ0) is 21.3. The SMILES string of the molecule is CCOc1cc(/C=N/NC(=O)c2ccc(O)cc2)ccc1OCc1ccccc1F. The lowest BCUT2D eigenvalue weighted by atomic mass is 10.2. The van der Waals surface area contributed by atoms with Crippen LogP contribution >= 0.6 is 0 Å². The first-order valence-corrected chi connectivity index (χ1v) is 9.32. The van der Waals surface area contributed by atoms with E-state index in [1.54, 1.807) is 36.4 Å². The van der Waals surface area contributed by atoms with E-state index < -0.39 is 5.91 Å². The van der Waals surface area contributed by atoms with Crippen molar-refractivity contribution in [2.75, 3.05) is 6.61 Å². The highest BCUT2D eigenvalue weighted by Crippen LogP contribution is 2.29. The summed E-state index contributed by atoms with van der Waals surface area (Å²) in [7, 11) is 0. The van der Waals surface area contributed by atoms with E-state index >= 15 is 0 Å². The molecule has 2 N–H and O–H groups in total. The zero-order valence-electron chi connectivity index (χ0n) is 16.3. The van der Waals surface area contributed by atoms with Gasteiger partial charge >= 0.3 is 0 Å². The molecule has 7 heteroatoms. The Labute approximate surface area is 173 Å². The third kappa shape index (κ3) is 5.57. The lowest BCUT2D eigenvalue weighted by molar-refractivity contribution is 0.0955. The number of carbonyl (C=O) groups is 1. The Bertz CT molecular complexity index is 1040. The van der Waals surface area contributed by atoms with Crippen LogP contribution in [-0.2, 0) is 6.61 Å². The van der Waals surface area contributed by atoms with E-state index in [4.69, 9.17) is 9.47 Å². The molecule has 1 amide bonds. The maximum absolute atomic E-state index is 13.8. The zero-order valence-corrected chi connectivity index (χ0v) is 16.3. The third-order valence-electron chi connectivity index (χ3n) is 4.12. The molecule has 0 bridgehead atoms. The number of phenols is 1. The van der Waals surface area contributed by atoms with Gasteiger partial charge in [0.25, 0.3) is 5.91 Å². The molecule has 0 spiro atoms. The van der Waals surface area contributed by atoms with Gasteiger partial charge in [-0.05, 0) is 61.0 Å². The van der Waals surface area contributed by atoms with E-state index in [1.807, 2.05) is 6.92 Å². The molecule has 0 saturated heterocycles. The van der Waals surface area contributed by atoms with Crippen LogP contribution in [0.5, 0.6) is 17.2 Å². The van der Waals surface area contributed by atoms with E-state index in [0.717, 1.165) is 0 Å². The van der Waals surface area contributed by atoms with Crippen molar-refractivity contribution in [3.05, 3.63) is 89.2 Å². The second-order valence-electron chi connectivity index (χ2n) is 6.27. The highest BCUT2D eigenvalue weighted by Gasteiger charge is 2.09. The quantitative estimate of drug-likeness (QED) is 0.431. The Morgan fingerprint density at radius 3 is 2.57 bits per heavy atom. The van der Waals surface area contributed by atoms with Crippen LogP contribution in [0.3, 0.4) is 0 Å². The number of amides is 1. The molecule has 3 aromatic rings. The number of aromatic hydroxyl groups is 1. The summed E-state index contributed by atoms with van der Waals surface area (Å²) >= 11 is 0. The standard InChI is InChI=1S/C23H21FN2O4/c1-2-29-22-13-16(14-25-26-23(28)17-8-10-19(27)11-9-17)7-12-21(22)30-15-18-5-3-4-6-20(18)24/h3-14,27H,2,15H2,1H3,(H,26,28)/b25-14+. The minimum atomic E-state index is -0.402. The molecule has 0 aromatic heterocycles. The van der Waals surface area contributed by atoms with E-state index in [9.17, 15) is 14.3 Å². The maximum atomic E-state index is 13.8. The molecule has 0 aliphatic heterocycles. The van der Waals surface area contributed by atoms with Gasteiger partial charge in [-0.3, -0.25) is 4.79 Å². The number of hydrazone groups is 1. The normalized spacial score (nSPS) is 10.7. The molecule has 0 unspecified atom stereocenters. The number of hydrogen-bond acceptors (Lipinski definition) is 5. The Hall–Kier alpha value is -3.87. The second kappa shape index (κ2) is 10.1. The smallest absolute Gasteiger partial charge is 0.271 e. The fourth-order valence-electron chi connectivity index (χ4n) is 2.61. The van der Waals surface area contributed by atoms with Gasteiger partial charge in [0.15, 0.2) is 11.5 Å². The molecule has 0 radical (unpaired) electrons. The Kier molecular flexibility index (Phi) is 7.00. The molecule has 30 heavy (non-hydrogen) atoms. The van der Waals surface area contributed by atoms with Crippen molar-refractivity contribution in [3.63, 3.8) is 0 Å². The molecule has 154 valence electrons. The minimum absolute atomic E-state index is 0.0723. The van der Waals surface area contributed by atoms with Crippen LogP contribution in [0.2, 0.25) is 0 Å². The van der Waals surface area contributed by atoms with Crippen molar-refractivity contribution in [1.29, 1.82) is 0 Å². The first-order valence-electron chi connectivity index (χ1n) is 9.32. The van der Waals surface area contributed by atoms with Gasteiger partial charge in [-0.2, -0.15) is 5.10 Å². The summed E-state index contributed by atoms with van der Waals surface area (Å²) in [5.74, 6) is 0.313. The summed E-state index contributed by atoms with van der Waals surface area (Å²) in [6, 6.07) is 17.4. The van der Waals surface area contributed by atoms with Gasteiger partial charge in [0.1, 0.15) is 18.2 Å². The van der Waals surface area contributed by atoms with Crippen molar-refractivity contribution in [1.82, 2.24) is 5.43 Å². The number of rotatable bonds is 8. The minimum Gasteiger partial charge on any atom is -0.508 e. The summed E-state index contributed by atoms with van der Waals surface area (Å²) in [5.41, 5.74) is 3.92. The monoisotopic (exact) mass is 408 g/mol. The molecule has 3 rings (SSSR count). The van der Waals surface area contributed by atoms with Gasteiger partial charge in [-0.25, -0.2) is 9.82 Å². The number of nitrogens with one attached hydrogen (secondary N) is 1. The molecular weight excluding hydrogens is 387 g/mol. The first kappa shape index (κ1) is 20.9. The summed E-state index contributed by atoms with van der Waals surface area (Å²) in [6.07, 6.45) is 1.47. The Balaban J connectivity index is 1.66. The predicted octanol–water partition coefficient (Wildman–Crippen LogP) is 4.27. The highest BCUT2D eigenvalue weighted by atomic mass is 19.1. The van der Waals surface area contributed by atoms with E-state index in [-0.39, 0.29) is 18.2 Å². The second-order valence-corrected chi connectivity index (χ2v) is 6.27. The number of carbonyl (C=O) groups excluding carboxylic acids is 1. The molecule has 0 aliphatic carbocycles. The van der Waals surface area contributed by atoms with Gasteiger partial charge in [-0.15, -0.1) is 0 Å². The van der Waals surface area contributed by atoms with E-state index in [0.29, 0.717) is 34.8 Å². The first-order chi connectivity index (χ1) is 14.6. The topological polar surface area (TPSA) is 80.2 Å². The molecule has 3 aromatic carbocycles. The summed E-state index contributed by atoms with van der Waals surface area (Å²) in [6.45, 7) is 2.34. The number of ether oxygens (including phenoxy) is 2. The molecule has 0 heterocycles. The van der Waals surface area contributed by atoms with Gasteiger partial charge in [-0.1, -0.05) is 18.2 Å². The lowest BCUT2D eigenvalue weighted by Crippen LogP contribution is -2.17. The molecule has 0 aliphatic rings. The molecular formula is C23H21FN2O4. The number of nitrogens with zero attached hydrogens (tertiary/aromatic N) is 1. The van der Waals surface area contributed by atoms with E-state index in [1.165, 1.54) is 36.5 Å². The Morgan fingerprint density at radius 1 is 1.07 bits per heavy atom. The van der Waals surface area contributed by atoms with Crippen molar-refractivity contribution < 1.29 is 23.8 Å². The van der Waals surface area contributed by atoms with Crippen LogP contribution in [-0.4, -0.2) is 23.8 Å². The summed E-state index contributed by atoms with van der Waals surface area (Å²) in [5, 5.41) is 13.2. The molecule has 6 nitrogen and oxygen atoms in total. The van der Waals surface area contributed by atoms with Crippen LogP contribution < -0.4 is 14.9 Å². The molecule has 0 fully saturated rings. The average Bonchev–Trinajstić information content (AvgIpc) is 2.75. The number of phenolic OH excluding ortho intramolecular Hbond substituents is 1. The van der Waals surface area contributed by atoms with Gasteiger partial charge in [0.05, 0.1) is 12.8 Å². The number of hydrogen-bond donors (Lipinski definition) is 2. The lowest BCUT2D eigenvalue weighted by Gasteiger charge is -2.13. The van der Waals surface area contributed by atoms with Crippen LogP contribution in [0.15, 0.2) is 71.8 Å². The average molecular weight is 408 g/mol. The van der Waals surface area contributed by atoms with Crippen molar-refractivity contribution in [3.8, 4) is 17.2 Å². The van der Waals surface area contributed by atoms with Gasteiger partial charge in [0.2, 0.25) is 0 Å². The highest BCUT2D eigenvalue weighted by molar-refractivity contribution is 5.95. The third-order valence-corrected chi connectivity index (χ3v) is 4.12. The molecule has 0 saturated carbocycles. The van der Waals surface area contributed by atoms with E-state index in [2.05, 4.69) is 10.5 Å². The van der Waals surface area contributed by atoms with Crippen molar-refractivity contribution >= 4 is 12.1 Å². The largest absolute Gasteiger partial charge is 0.508 e. The Morgan fingerprint density at radius 2 is 1.83 bits per heavy atom. The fraction of sp³-hybridized carbons (Fsp3) is 0.130.